The number of aromatic amines is 1. The lowest BCUT2D eigenvalue weighted by molar-refractivity contribution is 0.313. The minimum Gasteiger partial charge on any atom is -0.494 e. The fourth-order valence-electron chi connectivity index (χ4n) is 4.00. The van der Waals surface area contributed by atoms with Crippen molar-refractivity contribution < 1.29 is 13.5 Å². The Morgan fingerprint density at radius 3 is 2.77 bits per heavy atom. The number of likely N-dealkylation sites (N-methyl/N-ethyl adjacent to an activating group) is 1. The van der Waals surface area contributed by atoms with Crippen LogP contribution in [0.3, 0.4) is 0 Å². The minimum atomic E-state index is -0.951. The van der Waals surface area contributed by atoms with E-state index in [2.05, 4.69) is 39.4 Å². The average Bonchev–Trinajstić information content (AvgIpc) is 3.14. The summed E-state index contributed by atoms with van der Waals surface area (Å²) in [6.07, 6.45) is 0.981. The number of nitrogens with zero attached hydrogens (tertiary/aromatic N) is 4. The molecule has 7 nitrogen and oxygen atoms in total. The number of hydrogen-bond acceptors (Lipinski definition) is 5. The number of benzene rings is 2. The van der Waals surface area contributed by atoms with Crippen molar-refractivity contribution in [3.8, 4) is 22.7 Å². The van der Waals surface area contributed by atoms with Gasteiger partial charge in [-0.1, -0.05) is 12.1 Å². The molecular weight excluding hydrogens is 404 g/mol. The van der Waals surface area contributed by atoms with Gasteiger partial charge in [0.2, 0.25) is 0 Å². The molecule has 0 aliphatic carbocycles. The van der Waals surface area contributed by atoms with Crippen molar-refractivity contribution in [2.45, 2.75) is 13.0 Å². The van der Waals surface area contributed by atoms with Crippen LogP contribution in [-0.4, -0.2) is 45.6 Å². The van der Waals surface area contributed by atoms with E-state index in [0.717, 1.165) is 35.8 Å². The van der Waals surface area contributed by atoms with E-state index < -0.39 is 17.2 Å². The average molecular weight is 423 g/mol. The highest BCUT2D eigenvalue weighted by Gasteiger charge is 2.20. The smallest absolute Gasteiger partial charge is 0.273 e. The fraction of sp³-hybridized carbons (Fsp3) is 0.227. The van der Waals surface area contributed by atoms with E-state index in [4.69, 9.17) is 4.74 Å². The first-order chi connectivity index (χ1) is 14.9. The summed E-state index contributed by atoms with van der Waals surface area (Å²) >= 11 is 0. The second kappa shape index (κ2) is 7.28. The van der Waals surface area contributed by atoms with Crippen molar-refractivity contribution in [1.29, 1.82) is 0 Å². The lowest BCUT2D eigenvalue weighted by Gasteiger charge is -2.25. The minimum absolute atomic E-state index is 0.131. The van der Waals surface area contributed by atoms with Crippen LogP contribution in [0, 0.1) is 11.6 Å². The Hall–Kier alpha value is -3.59. The molecule has 3 heterocycles. The summed E-state index contributed by atoms with van der Waals surface area (Å²) in [7, 11) is 3.35. The van der Waals surface area contributed by atoms with Gasteiger partial charge in [0.25, 0.3) is 5.56 Å². The zero-order valence-electron chi connectivity index (χ0n) is 16.9. The fourth-order valence-corrected chi connectivity index (χ4v) is 4.00. The van der Waals surface area contributed by atoms with Crippen molar-refractivity contribution >= 4 is 11.0 Å². The lowest BCUT2D eigenvalue weighted by atomic mass is 9.96. The third-order valence-electron chi connectivity index (χ3n) is 5.55. The van der Waals surface area contributed by atoms with Gasteiger partial charge >= 0.3 is 0 Å². The predicted molar refractivity (Wildman–Crippen MR) is 111 cm³/mol. The number of hydrogen-bond donors (Lipinski definition) is 1. The molecule has 0 saturated heterocycles. The Bertz CT molecular complexity index is 1380. The molecule has 0 amide bonds. The molecule has 2 aromatic heterocycles. The molecule has 1 aliphatic heterocycles. The Morgan fingerprint density at radius 1 is 1.13 bits per heavy atom. The van der Waals surface area contributed by atoms with E-state index in [0.29, 0.717) is 22.8 Å². The summed E-state index contributed by atoms with van der Waals surface area (Å²) in [6.45, 7) is 1.85. The van der Waals surface area contributed by atoms with Gasteiger partial charge in [-0.2, -0.15) is 14.9 Å². The summed E-state index contributed by atoms with van der Waals surface area (Å²) in [4.78, 5) is 14.9. The van der Waals surface area contributed by atoms with Crippen LogP contribution in [0.5, 0.6) is 5.75 Å². The molecule has 9 heteroatoms. The molecule has 0 radical (unpaired) electrons. The normalized spacial score (nSPS) is 14.1. The molecule has 0 atom stereocenters. The number of ether oxygens (including phenoxy) is 1. The maximum absolute atomic E-state index is 14.6. The summed E-state index contributed by atoms with van der Waals surface area (Å²) in [5.41, 5.74) is 3.85. The summed E-state index contributed by atoms with van der Waals surface area (Å²) in [6, 6.07) is 9.09. The quantitative estimate of drug-likeness (QED) is 0.548. The van der Waals surface area contributed by atoms with Crippen LogP contribution >= 0.6 is 0 Å². The van der Waals surface area contributed by atoms with Crippen LogP contribution in [0.2, 0.25) is 0 Å². The highest BCUT2D eigenvalue weighted by atomic mass is 19.1. The van der Waals surface area contributed by atoms with Gasteiger partial charge in [0, 0.05) is 36.9 Å². The van der Waals surface area contributed by atoms with Crippen LogP contribution in [0.25, 0.3) is 28.0 Å². The standard InChI is InChI=1S/C22H19F2N5O2/c1-28-6-5-12-3-4-13(7-14(12)11-28)20-21-17(25-26-20)10-19(30)29(27-21)22-16(24)8-15(23)9-18(22)31-2/h3-4,7-10,25H,5-6,11H2,1-2H3. The molecule has 158 valence electrons. The van der Waals surface area contributed by atoms with E-state index in [9.17, 15) is 13.6 Å². The Morgan fingerprint density at radius 2 is 1.97 bits per heavy atom. The van der Waals surface area contributed by atoms with Crippen LogP contribution in [0.4, 0.5) is 8.78 Å². The number of halogens is 2. The first kappa shape index (κ1) is 19.4. The second-order valence-electron chi connectivity index (χ2n) is 7.64. The molecule has 0 spiro atoms. The number of H-pyrrole nitrogens is 1. The second-order valence-corrected chi connectivity index (χ2v) is 7.64. The monoisotopic (exact) mass is 423 g/mol. The number of methoxy groups -OCH3 is 1. The van der Waals surface area contributed by atoms with Gasteiger partial charge < -0.3 is 9.64 Å². The number of nitrogens with one attached hydrogen (secondary N) is 1. The molecule has 2 aromatic carbocycles. The zero-order valence-corrected chi connectivity index (χ0v) is 16.9. The van der Waals surface area contributed by atoms with E-state index >= 15 is 0 Å². The summed E-state index contributed by atoms with van der Waals surface area (Å²) in [5.74, 6) is -1.89. The Kier molecular flexibility index (Phi) is 4.55. The SMILES string of the molecule is COc1cc(F)cc(F)c1-n1nc2c(-c3ccc4c(c3)CN(C)CC4)n[nH]c2cc1=O. The molecule has 5 rings (SSSR count). The molecule has 0 saturated carbocycles. The molecule has 1 aliphatic rings. The number of rotatable bonds is 3. The highest BCUT2D eigenvalue weighted by molar-refractivity contribution is 5.89. The maximum Gasteiger partial charge on any atom is 0.273 e. The maximum atomic E-state index is 14.6. The molecule has 0 bridgehead atoms. The molecule has 1 N–H and O–H groups in total. The summed E-state index contributed by atoms with van der Waals surface area (Å²) < 4.78 is 34.2. The van der Waals surface area contributed by atoms with Gasteiger partial charge in [-0.25, -0.2) is 8.78 Å². The summed E-state index contributed by atoms with van der Waals surface area (Å²) in [5, 5.41) is 11.5. The van der Waals surface area contributed by atoms with E-state index in [1.807, 2.05) is 6.07 Å². The van der Waals surface area contributed by atoms with Crippen molar-refractivity contribution in [2.75, 3.05) is 20.7 Å². The van der Waals surface area contributed by atoms with Crippen molar-refractivity contribution in [2.24, 2.45) is 0 Å². The van der Waals surface area contributed by atoms with E-state index in [-0.39, 0.29) is 11.4 Å². The van der Waals surface area contributed by atoms with Gasteiger partial charge in [0.05, 0.1) is 12.6 Å². The van der Waals surface area contributed by atoms with Gasteiger partial charge in [0.15, 0.2) is 11.6 Å². The van der Waals surface area contributed by atoms with Crippen LogP contribution in [0.1, 0.15) is 11.1 Å². The van der Waals surface area contributed by atoms with Gasteiger partial charge in [-0.15, -0.1) is 0 Å². The Balaban J connectivity index is 1.69. The molecule has 0 fully saturated rings. The van der Waals surface area contributed by atoms with Crippen molar-refractivity contribution in [3.05, 3.63) is 69.5 Å². The van der Waals surface area contributed by atoms with Crippen LogP contribution in [0.15, 0.2) is 41.2 Å². The lowest BCUT2D eigenvalue weighted by Crippen LogP contribution is -2.26. The molecule has 31 heavy (non-hydrogen) atoms. The molecular formula is C22H19F2N5O2. The molecule has 0 unspecified atom stereocenters. The van der Waals surface area contributed by atoms with Crippen molar-refractivity contribution in [1.82, 2.24) is 24.9 Å². The van der Waals surface area contributed by atoms with E-state index in [1.165, 1.54) is 24.3 Å². The topological polar surface area (TPSA) is 76.0 Å². The first-order valence-electron chi connectivity index (χ1n) is 9.77. The van der Waals surface area contributed by atoms with Crippen molar-refractivity contribution in [3.63, 3.8) is 0 Å². The largest absolute Gasteiger partial charge is 0.494 e. The highest BCUT2D eigenvalue weighted by Crippen LogP contribution is 2.30. The van der Waals surface area contributed by atoms with E-state index in [1.54, 1.807) is 0 Å². The number of aromatic nitrogens is 4. The van der Waals surface area contributed by atoms with Crippen LogP contribution in [-0.2, 0) is 13.0 Å². The third-order valence-corrected chi connectivity index (χ3v) is 5.55. The Labute approximate surface area is 175 Å². The van der Waals surface area contributed by atoms with Gasteiger partial charge in [0.1, 0.15) is 22.7 Å². The van der Waals surface area contributed by atoms with Gasteiger partial charge in [-0.3, -0.25) is 9.89 Å². The van der Waals surface area contributed by atoms with Crippen LogP contribution < -0.4 is 10.3 Å². The predicted octanol–water partition coefficient (Wildman–Crippen LogP) is 3.05. The third kappa shape index (κ3) is 3.27. The number of fused-ring (bicyclic) bond motifs is 2. The molecule has 4 aromatic rings. The zero-order chi connectivity index (χ0) is 21.7. The van der Waals surface area contributed by atoms with Gasteiger partial charge in [-0.05, 0) is 30.7 Å². The first-order valence-corrected chi connectivity index (χ1v) is 9.77.